The number of nitrogens with one attached hydrogen (secondary N) is 1. The van der Waals surface area contributed by atoms with E-state index in [1.54, 1.807) is 6.07 Å². The van der Waals surface area contributed by atoms with E-state index in [1.165, 1.54) is 28.1 Å². The van der Waals surface area contributed by atoms with E-state index in [0.29, 0.717) is 11.9 Å². The smallest absolute Gasteiger partial charge is 0.261 e. The summed E-state index contributed by atoms with van der Waals surface area (Å²) < 4.78 is 25.9. The second-order valence-corrected chi connectivity index (χ2v) is 12.6. The molecule has 2 N–H and O–H groups in total. The van der Waals surface area contributed by atoms with E-state index in [2.05, 4.69) is 114 Å². The van der Waals surface area contributed by atoms with Crippen LogP contribution in [0.4, 0.5) is 17.1 Å². The molecule has 0 unspecified atom stereocenters. The molecule has 0 fully saturated rings. The number of benzene rings is 4. The van der Waals surface area contributed by atoms with Crippen molar-refractivity contribution in [1.82, 2.24) is 0 Å². The number of nitrogens with zero attached hydrogens (tertiary/aromatic N) is 2. The van der Waals surface area contributed by atoms with Crippen molar-refractivity contribution in [2.75, 3.05) is 44.2 Å². The number of hydrogen-bond acceptors (Lipinski definition) is 4. The maximum Gasteiger partial charge on any atom is 0.261 e. The summed E-state index contributed by atoms with van der Waals surface area (Å²) in [6, 6.07) is 33.6. The van der Waals surface area contributed by atoms with Crippen LogP contribution < -0.4 is 9.80 Å². The van der Waals surface area contributed by atoms with Crippen molar-refractivity contribution >= 4 is 27.2 Å². The molecule has 8 heteroatoms. The van der Waals surface area contributed by atoms with Crippen LogP contribution >= 0.6 is 0 Å². The van der Waals surface area contributed by atoms with E-state index in [4.69, 9.17) is 10.3 Å². The van der Waals surface area contributed by atoms with E-state index in [9.17, 15) is 8.42 Å². The third kappa shape index (κ3) is 12.3. The van der Waals surface area contributed by atoms with Gasteiger partial charge in [0.1, 0.15) is 0 Å². The van der Waals surface area contributed by atoms with Crippen molar-refractivity contribution < 1.29 is 33.4 Å². The largest absolute Gasteiger partial charge is 0.706 e. The van der Waals surface area contributed by atoms with Gasteiger partial charge in [-0.25, -0.2) is 0 Å². The zero-order valence-corrected chi connectivity index (χ0v) is 28.0. The van der Waals surface area contributed by atoms with Crippen LogP contribution in [0.1, 0.15) is 26.3 Å². The third-order valence-electron chi connectivity index (χ3n) is 5.73. The monoisotopic (exact) mass is 678 g/mol. The molecule has 4 aromatic carbocycles. The van der Waals surface area contributed by atoms with Gasteiger partial charge < -0.3 is 15.5 Å². The molecule has 0 aliphatic heterocycles. The van der Waals surface area contributed by atoms with Gasteiger partial charge in [0.15, 0.2) is 0 Å². The maximum atomic E-state index is 9.19. The summed E-state index contributed by atoms with van der Waals surface area (Å²) in [5.41, 5.74) is 16.6. The molecular formula is C34H42N3O3PdS-3. The van der Waals surface area contributed by atoms with Gasteiger partial charge in [0, 0.05) is 60.0 Å². The predicted octanol–water partition coefficient (Wildman–Crippen LogP) is 8.42. The summed E-state index contributed by atoms with van der Waals surface area (Å²) in [7, 11) is 4.76. The standard InChI is InChI=1S/C21H29N2.C12H9N.CH4O3S.Pd/c1-21(2,3)15-16-11-8-9-12-17(16)20-18(22(4)5)13-10-14-19(20)23(6)7;13-12-9-5-4-8-11(12)10-6-2-1-3-7-10;1-5(2,3)4;/h8-15H,1-7H3;1-6,8-9,13H;1H3,(H,2,3,4);/q-1;-2;;. The van der Waals surface area contributed by atoms with Gasteiger partial charge in [-0.2, -0.15) is 32.2 Å². The molecule has 0 aliphatic carbocycles. The van der Waals surface area contributed by atoms with E-state index < -0.39 is 10.1 Å². The molecule has 0 heterocycles. The Labute approximate surface area is 267 Å². The van der Waals surface area contributed by atoms with Gasteiger partial charge in [-0.05, 0) is 17.7 Å². The van der Waals surface area contributed by atoms with Gasteiger partial charge in [-0.3, -0.25) is 4.55 Å². The molecule has 0 aromatic heterocycles. The van der Waals surface area contributed by atoms with Gasteiger partial charge in [0.25, 0.3) is 10.1 Å². The Hall–Kier alpha value is -3.28. The fourth-order valence-electron chi connectivity index (χ4n) is 4.15. The van der Waals surface area contributed by atoms with E-state index in [-0.39, 0.29) is 25.8 Å². The molecule has 6 nitrogen and oxygen atoms in total. The normalized spacial score (nSPS) is 10.6. The van der Waals surface area contributed by atoms with E-state index in [0.717, 1.165) is 11.1 Å². The van der Waals surface area contributed by atoms with Crippen molar-refractivity contribution in [1.29, 1.82) is 0 Å². The Kier molecular flexibility index (Phi) is 14.3. The molecule has 0 atom stereocenters. The Morgan fingerprint density at radius 3 is 1.69 bits per heavy atom. The second kappa shape index (κ2) is 16.4. The molecule has 0 spiro atoms. The molecule has 230 valence electrons. The van der Waals surface area contributed by atoms with E-state index in [1.807, 2.05) is 42.5 Å². The average molecular weight is 679 g/mol. The molecule has 0 bridgehead atoms. The number of rotatable bonds is 5. The molecule has 0 saturated carbocycles. The van der Waals surface area contributed by atoms with Crippen LogP contribution in [0.3, 0.4) is 0 Å². The second-order valence-electron chi connectivity index (χ2n) is 11.1. The van der Waals surface area contributed by atoms with Crippen molar-refractivity contribution in [3.63, 3.8) is 0 Å². The topological polar surface area (TPSA) is 84.7 Å². The zero-order chi connectivity index (χ0) is 30.8. The van der Waals surface area contributed by atoms with Crippen LogP contribution in [0, 0.1) is 17.9 Å². The molecule has 4 rings (SSSR count). The molecule has 4 aromatic rings. The molecule has 0 radical (unpaired) electrons. The molecule has 42 heavy (non-hydrogen) atoms. The van der Waals surface area contributed by atoms with Crippen LogP contribution in [0.25, 0.3) is 28.0 Å². The van der Waals surface area contributed by atoms with Crippen LogP contribution in [-0.2, 0) is 30.5 Å². The first-order valence-electron chi connectivity index (χ1n) is 13.2. The summed E-state index contributed by atoms with van der Waals surface area (Å²) in [6.07, 6.45) is 3.07. The Bertz CT molecular complexity index is 1470. The molecule has 0 aliphatic rings. The van der Waals surface area contributed by atoms with Crippen LogP contribution in [0.5, 0.6) is 0 Å². The summed E-state index contributed by atoms with van der Waals surface area (Å²) in [5.74, 6) is 0. The van der Waals surface area contributed by atoms with Crippen LogP contribution in [0.15, 0.2) is 91.0 Å². The van der Waals surface area contributed by atoms with Crippen molar-refractivity contribution in [3.05, 3.63) is 115 Å². The zero-order valence-electron chi connectivity index (χ0n) is 25.6. The minimum absolute atomic E-state index is 0. The van der Waals surface area contributed by atoms with Gasteiger partial charge in [0.2, 0.25) is 0 Å². The molecule has 0 amide bonds. The van der Waals surface area contributed by atoms with Gasteiger partial charge in [-0.1, -0.05) is 62.6 Å². The predicted molar refractivity (Wildman–Crippen MR) is 176 cm³/mol. The summed E-state index contributed by atoms with van der Waals surface area (Å²) in [4.78, 5) is 4.38. The average Bonchev–Trinajstić information content (AvgIpc) is 2.88. The van der Waals surface area contributed by atoms with Gasteiger partial charge in [-0.15, -0.1) is 59.2 Å². The van der Waals surface area contributed by atoms with Crippen molar-refractivity contribution in [2.24, 2.45) is 5.41 Å². The number of hydrogen-bond donors (Lipinski definition) is 1. The summed E-state index contributed by atoms with van der Waals surface area (Å²) in [6.45, 7) is 6.73. The fraction of sp³-hybridized carbons (Fsp3) is 0.265. The Morgan fingerprint density at radius 1 is 0.762 bits per heavy atom. The third-order valence-corrected chi connectivity index (χ3v) is 5.73. The maximum absolute atomic E-state index is 9.19. The molecule has 0 saturated heterocycles. The fourth-order valence-corrected chi connectivity index (χ4v) is 4.15. The van der Waals surface area contributed by atoms with Crippen molar-refractivity contribution in [2.45, 2.75) is 20.8 Å². The van der Waals surface area contributed by atoms with Crippen LogP contribution in [0.2, 0.25) is 0 Å². The Morgan fingerprint density at radius 2 is 1.24 bits per heavy atom. The van der Waals surface area contributed by atoms with Crippen LogP contribution in [-0.4, -0.2) is 47.4 Å². The van der Waals surface area contributed by atoms with Crippen molar-refractivity contribution in [3.8, 4) is 22.3 Å². The van der Waals surface area contributed by atoms with E-state index >= 15 is 0 Å². The summed E-state index contributed by atoms with van der Waals surface area (Å²) >= 11 is 0. The minimum atomic E-state index is -3.67. The first kappa shape index (κ1) is 36.7. The first-order valence-corrected chi connectivity index (χ1v) is 15.1. The minimum Gasteiger partial charge on any atom is -0.706 e. The first-order chi connectivity index (χ1) is 19.1. The summed E-state index contributed by atoms with van der Waals surface area (Å²) in [5, 5.41) is 0. The Balaban J connectivity index is 0.000000389. The van der Waals surface area contributed by atoms with Gasteiger partial charge in [0.05, 0.1) is 6.26 Å². The SMILES string of the molecule is CN(C)c1cccc(N(C)C)c1-c1ccccc1[CH-]C(C)(C)C.CS(=O)(=O)O.[NH-]c1ccccc1-c1[c-]cccc1.[Pd]. The van der Waals surface area contributed by atoms with Gasteiger partial charge >= 0.3 is 0 Å². The quantitative estimate of drug-likeness (QED) is 0.130. The molecular weight excluding hydrogens is 637 g/mol. The number of anilines is 2.